The van der Waals surface area contributed by atoms with Gasteiger partial charge in [0.1, 0.15) is 17.2 Å². The fourth-order valence-corrected chi connectivity index (χ4v) is 2.93. The highest BCUT2D eigenvalue weighted by Crippen LogP contribution is 2.28. The molecule has 100 valence electrons. The highest BCUT2D eigenvalue weighted by Gasteiger charge is 2.09. The molecule has 0 aliphatic carbocycles. The lowest BCUT2D eigenvalue weighted by molar-refractivity contribution is 0.0702. The number of carboxylic acids is 1. The minimum atomic E-state index is -0.907. The molecule has 19 heavy (non-hydrogen) atoms. The zero-order valence-electron chi connectivity index (χ0n) is 10.6. The molecule has 1 heterocycles. The third-order valence-corrected chi connectivity index (χ3v) is 3.92. The van der Waals surface area contributed by atoms with Gasteiger partial charge in [-0.25, -0.2) is 4.79 Å². The predicted molar refractivity (Wildman–Crippen MR) is 76.5 cm³/mol. The first kappa shape index (κ1) is 13.9. The van der Waals surface area contributed by atoms with Crippen molar-refractivity contribution in [3.8, 4) is 5.75 Å². The van der Waals surface area contributed by atoms with Gasteiger partial charge in [0.15, 0.2) is 0 Å². The number of thiophene rings is 1. The van der Waals surface area contributed by atoms with E-state index < -0.39 is 5.97 Å². The Morgan fingerprint density at radius 3 is 2.47 bits per heavy atom. The Kier molecular flexibility index (Phi) is 4.12. The number of hydrogen-bond acceptors (Lipinski definition) is 3. The van der Waals surface area contributed by atoms with Gasteiger partial charge in [0, 0.05) is 9.90 Å². The van der Waals surface area contributed by atoms with Crippen LogP contribution in [0.3, 0.4) is 0 Å². The van der Waals surface area contributed by atoms with E-state index in [4.69, 9.17) is 21.4 Å². The summed E-state index contributed by atoms with van der Waals surface area (Å²) in [4.78, 5) is 12.0. The van der Waals surface area contributed by atoms with Crippen molar-refractivity contribution in [1.82, 2.24) is 0 Å². The van der Waals surface area contributed by atoms with Gasteiger partial charge in [0.25, 0.3) is 0 Å². The van der Waals surface area contributed by atoms with Crippen molar-refractivity contribution < 1.29 is 14.6 Å². The molecule has 0 radical (unpaired) electrons. The van der Waals surface area contributed by atoms with Crippen molar-refractivity contribution in [2.24, 2.45) is 0 Å². The van der Waals surface area contributed by atoms with Gasteiger partial charge in [-0.05, 0) is 49.2 Å². The average molecular weight is 297 g/mol. The van der Waals surface area contributed by atoms with Gasteiger partial charge in [0.05, 0.1) is 0 Å². The Hall–Kier alpha value is -1.52. The molecule has 0 saturated heterocycles. The maximum Gasteiger partial charge on any atom is 0.345 e. The van der Waals surface area contributed by atoms with E-state index in [-0.39, 0.29) is 0 Å². The average Bonchev–Trinajstić information content (AvgIpc) is 2.76. The molecule has 0 bridgehead atoms. The zero-order valence-corrected chi connectivity index (χ0v) is 12.1. The van der Waals surface area contributed by atoms with E-state index >= 15 is 0 Å². The van der Waals surface area contributed by atoms with Crippen LogP contribution in [0.25, 0.3) is 0 Å². The van der Waals surface area contributed by atoms with Crippen molar-refractivity contribution in [2.75, 3.05) is 0 Å². The number of aromatic carboxylic acids is 1. The fourth-order valence-electron chi connectivity index (χ4n) is 1.84. The third kappa shape index (κ3) is 3.28. The number of halogens is 1. The quantitative estimate of drug-likeness (QED) is 0.915. The van der Waals surface area contributed by atoms with Crippen LogP contribution in [0, 0.1) is 13.8 Å². The maximum absolute atomic E-state index is 10.8. The van der Waals surface area contributed by atoms with E-state index in [9.17, 15) is 4.79 Å². The Morgan fingerprint density at radius 1 is 1.32 bits per heavy atom. The Labute approximate surface area is 120 Å². The second kappa shape index (κ2) is 5.63. The highest BCUT2D eigenvalue weighted by molar-refractivity contribution is 7.13. The summed E-state index contributed by atoms with van der Waals surface area (Å²) in [5.41, 5.74) is 1.94. The fraction of sp³-hybridized carbons (Fsp3) is 0.214. The summed E-state index contributed by atoms with van der Waals surface area (Å²) in [5.74, 6) is -0.107. The first-order chi connectivity index (χ1) is 8.97. The van der Waals surface area contributed by atoms with Crippen LogP contribution in [-0.2, 0) is 6.61 Å². The predicted octanol–water partition coefficient (Wildman–Crippen LogP) is 4.30. The lowest BCUT2D eigenvalue weighted by Gasteiger charge is -2.11. The van der Waals surface area contributed by atoms with E-state index in [0.29, 0.717) is 16.5 Å². The number of carboxylic acid groups (broad SMARTS) is 1. The van der Waals surface area contributed by atoms with Crippen molar-refractivity contribution >= 4 is 28.9 Å². The molecule has 1 N–H and O–H groups in total. The van der Waals surface area contributed by atoms with Crippen molar-refractivity contribution in [3.63, 3.8) is 0 Å². The topological polar surface area (TPSA) is 46.5 Å². The molecule has 0 aliphatic heterocycles. The molecule has 0 unspecified atom stereocenters. The standard InChI is InChI=1S/C14H13ClO3S/c1-8-5-10(15)6-9(2)13(8)18-7-11-3-4-12(19-11)14(16)17/h3-6H,7H2,1-2H3,(H,16,17). The van der Waals surface area contributed by atoms with Gasteiger partial charge < -0.3 is 9.84 Å². The van der Waals surface area contributed by atoms with E-state index in [1.54, 1.807) is 12.1 Å². The summed E-state index contributed by atoms with van der Waals surface area (Å²) in [6.45, 7) is 4.23. The van der Waals surface area contributed by atoms with E-state index in [1.807, 2.05) is 26.0 Å². The summed E-state index contributed by atoms with van der Waals surface area (Å²) in [7, 11) is 0. The van der Waals surface area contributed by atoms with E-state index in [2.05, 4.69) is 0 Å². The number of hydrogen-bond donors (Lipinski definition) is 1. The molecular weight excluding hydrogens is 284 g/mol. The lowest BCUT2D eigenvalue weighted by Crippen LogP contribution is -1.97. The monoisotopic (exact) mass is 296 g/mol. The largest absolute Gasteiger partial charge is 0.488 e. The highest BCUT2D eigenvalue weighted by atomic mass is 35.5. The number of rotatable bonds is 4. The summed E-state index contributed by atoms with van der Waals surface area (Å²) in [6.07, 6.45) is 0. The first-order valence-corrected chi connectivity index (χ1v) is 6.88. The number of aryl methyl sites for hydroxylation is 2. The minimum absolute atomic E-state index is 0.322. The Morgan fingerprint density at radius 2 is 1.95 bits per heavy atom. The Bertz CT molecular complexity index is 596. The summed E-state index contributed by atoms with van der Waals surface area (Å²) in [5, 5.41) is 9.54. The molecule has 0 fully saturated rings. The summed E-state index contributed by atoms with van der Waals surface area (Å²) in [6, 6.07) is 7.06. The second-order valence-corrected chi connectivity index (χ2v) is 5.83. The molecule has 2 rings (SSSR count). The molecule has 3 nitrogen and oxygen atoms in total. The van der Waals surface area contributed by atoms with Crippen LogP contribution in [-0.4, -0.2) is 11.1 Å². The first-order valence-electron chi connectivity index (χ1n) is 5.69. The van der Waals surface area contributed by atoms with Gasteiger partial charge in [-0.2, -0.15) is 0 Å². The Balaban J connectivity index is 2.12. The molecule has 0 amide bonds. The lowest BCUT2D eigenvalue weighted by atomic mass is 10.1. The van der Waals surface area contributed by atoms with Gasteiger partial charge in [-0.1, -0.05) is 11.6 Å². The maximum atomic E-state index is 10.8. The molecular formula is C14H13ClO3S. The van der Waals surface area contributed by atoms with Crippen molar-refractivity contribution in [1.29, 1.82) is 0 Å². The van der Waals surface area contributed by atoms with Crippen LogP contribution in [0.2, 0.25) is 5.02 Å². The summed E-state index contributed by atoms with van der Waals surface area (Å²) >= 11 is 7.18. The van der Waals surface area contributed by atoms with E-state index in [1.165, 1.54) is 11.3 Å². The molecule has 5 heteroatoms. The van der Waals surface area contributed by atoms with Crippen LogP contribution in [0.4, 0.5) is 0 Å². The van der Waals surface area contributed by atoms with Crippen LogP contribution in [0.15, 0.2) is 24.3 Å². The number of ether oxygens (including phenoxy) is 1. The van der Waals surface area contributed by atoms with Gasteiger partial charge in [-0.15, -0.1) is 11.3 Å². The van der Waals surface area contributed by atoms with Crippen LogP contribution in [0.5, 0.6) is 5.75 Å². The van der Waals surface area contributed by atoms with Gasteiger partial charge >= 0.3 is 5.97 Å². The molecule has 1 aromatic heterocycles. The molecule has 2 aromatic rings. The molecule has 0 atom stereocenters. The van der Waals surface area contributed by atoms with Gasteiger partial charge in [-0.3, -0.25) is 0 Å². The molecule has 0 saturated carbocycles. The molecule has 1 aromatic carbocycles. The van der Waals surface area contributed by atoms with E-state index in [0.717, 1.165) is 21.8 Å². The van der Waals surface area contributed by atoms with Crippen molar-refractivity contribution in [3.05, 3.63) is 50.2 Å². The van der Waals surface area contributed by atoms with Gasteiger partial charge in [0.2, 0.25) is 0 Å². The minimum Gasteiger partial charge on any atom is -0.488 e. The van der Waals surface area contributed by atoms with Crippen molar-refractivity contribution in [2.45, 2.75) is 20.5 Å². The summed E-state index contributed by atoms with van der Waals surface area (Å²) < 4.78 is 5.76. The van der Waals surface area contributed by atoms with Crippen LogP contribution < -0.4 is 4.74 Å². The number of benzene rings is 1. The molecule has 0 aliphatic rings. The van der Waals surface area contributed by atoms with Crippen LogP contribution >= 0.6 is 22.9 Å². The molecule has 0 spiro atoms. The van der Waals surface area contributed by atoms with Crippen LogP contribution in [0.1, 0.15) is 25.7 Å². The SMILES string of the molecule is Cc1cc(Cl)cc(C)c1OCc1ccc(C(=O)O)s1. The second-order valence-electron chi connectivity index (χ2n) is 4.23. The zero-order chi connectivity index (χ0) is 14.0. The smallest absolute Gasteiger partial charge is 0.345 e. The number of carbonyl (C=O) groups is 1. The normalized spacial score (nSPS) is 10.5. The third-order valence-electron chi connectivity index (χ3n) is 2.66.